The minimum atomic E-state index is -4.91. The molecule has 1 amide bonds. The van der Waals surface area contributed by atoms with Gasteiger partial charge in [-0.1, -0.05) is 49.7 Å². The number of pyridine rings is 1. The second kappa shape index (κ2) is 13.9. The van der Waals surface area contributed by atoms with Gasteiger partial charge in [0.2, 0.25) is 0 Å². The number of carbonyl (C=O) groups is 1. The Hall–Kier alpha value is -4.25. The number of aromatic nitrogens is 1. The number of cyclic esters (lactones) is 1. The minimum Gasteiger partial charge on any atom is -0.508 e. The zero-order chi connectivity index (χ0) is 34.8. The lowest BCUT2D eigenvalue weighted by Crippen LogP contribution is -2.35. The molecule has 0 aliphatic carbocycles. The van der Waals surface area contributed by atoms with Crippen LogP contribution in [-0.4, -0.2) is 45.6 Å². The molecule has 5 nitrogen and oxygen atoms in total. The maximum atomic E-state index is 13.4. The number of benzene rings is 2. The number of aromatic hydroxyl groups is 1. The first kappa shape index (κ1) is 35.6. The molecule has 1 aliphatic rings. The first-order valence-electron chi connectivity index (χ1n) is 14.7. The molecule has 47 heavy (non-hydrogen) atoms. The number of nitrogens with zero attached hydrogens (tertiary/aromatic N) is 2. The fourth-order valence-corrected chi connectivity index (χ4v) is 5.54. The Morgan fingerprint density at radius 2 is 1.70 bits per heavy atom. The van der Waals surface area contributed by atoms with Crippen LogP contribution in [0.5, 0.6) is 5.75 Å². The molecule has 1 fully saturated rings. The first-order chi connectivity index (χ1) is 21.9. The Balaban J connectivity index is 1.78. The van der Waals surface area contributed by atoms with Crippen molar-refractivity contribution in [2.45, 2.75) is 71.6 Å². The van der Waals surface area contributed by atoms with E-state index >= 15 is 0 Å². The van der Waals surface area contributed by atoms with E-state index in [4.69, 9.17) is 21.3 Å². The molecule has 2 heterocycles. The maximum Gasteiger partial charge on any atom is 0.415 e. The second-order valence-corrected chi connectivity index (χ2v) is 11.8. The van der Waals surface area contributed by atoms with E-state index in [2.05, 4.69) is 6.58 Å². The van der Waals surface area contributed by atoms with Crippen molar-refractivity contribution in [2.75, 3.05) is 0 Å². The smallest absolute Gasteiger partial charge is 0.415 e. The van der Waals surface area contributed by atoms with Crippen molar-refractivity contribution in [2.24, 2.45) is 0 Å². The third kappa shape index (κ3) is 8.19. The van der Waals surface area contributed by atoms with Gasteiger partial charge in [0.15, 0.2) is 0 Å². The summed E-state index contributed by atoms with van der Waals surface area (Å²) in [6.07, 6.45) is -9.75. The molecular formula is C35H33ClF6N2O3. The van der Waals surface area contributed by atoms with Crippen molar-refractivity contribution in [3.8, 4) is 28.0 Å². The van der Waals surface area contributed by atoms with Gasteiger partial charge < -0.3 is 9.84 Å². The summed E-state index contributed by atoms with van der Waals surface area (Å²) in [6.45, 7) is 8.81. The van der Waals surface area contributed by atoms with Crippen molar-refractivity contribution in [1.82, 2.24) is 9.88 Å². The number of rotatable bonds is 9. The van der Waals surface area contributed by atoms with Crippen molar-refractivity contribution in [3.63, 3.8) is 0 Å². The SMILES string of the molecule is C=C(/C=C(\C=C(/C)C(F)(F)F)C1OC(=O)N(Cc2nc(CCC)ccc2-c2cc(-c3ccc(O)cc3C)ccc2Cl)C1C)C(F)(F)F. The molecule has 1 saturated heterocycles. The molecule has 0 radical (unpaired) electrons. The van der Waals surface area contributed by atoms with Crippen molar-refractivity contribution in [1.29, 1.82) is 0 Å². The van der Waals surface area contributed by atoms with Gasteiger partial charge in [0.25, 0.3) is 0 Å². The van der Waals surface area contributed by atoms with Crippen LogP contribution in [0.3, 0.4) is 0 Å². The predicted octanol–water partition coefficient (Wildman–Crippen LogP) is 10.3. The first-order valence-corrected chi connectivity index (χ1v) is 15.1. The molecular weight excluding hydrogens is 646 g/mol. The number of ether oxygens (including phenoxy) is 1. The van der Waals surface area contributed by atoms with Gasteiger partial charge in [-0.25, -0.2) is 4.79 Å². The monoisotopic (exact) mass is 678 g/mol. The molecule has 2 unspecified atom stereocenters. The standard InChI is InChI=1S/C35H33ClF6N2O3/c1-6-7-25-9-11-28(29-17-23(8-13-30(29)36)27-12-10-26(45)14-19(27)2)31(43-25)18-44-22(5)32(47-33(44)46)24(15-20(3)34(37,38)39)16-21(4)35(40,41)42/h8-17,22,32,45H,3,6-7,18H2,1-2,4-5H3/b21-16+,24-15+. The average Bonchev–Trinajstić information content (AvgIpc) is 3.25. The Bertz CT molecular complexity index is 1750. The number of hydrogen-bond acceptors (Lipinski definition) is 4. The summed E-state index contributed by atoms with van der Waals surface area (Å²) in [5.41, 5.74) is 1.69. The fourth-order valence-electron chi connectivity index (χ4n) is 5.32. The van der Waals surface area contributed by atoms with Gasteiger partial charge in [-0.3, -0.25) is 9.88 Å². The van der Waals surface area contributed by atoms with Crippen molar-refractivity contribution < 1.29 is 41.0 Å². The van der Waals surface area contributed by atoms with E-state index in [1.807, 2.05) is 38.1 Å². The van der Waals surface area contributed by atoms with Gasteiger partial charge in [-0.2, -0.15) is 26.3 Å². The number of allylic oxidation sites excluding steroid dienone is 3. The lowest BCUT2D eigenvalue weighted by atomic mass is 9.94. The molecule has 2 aromatic carbocycles. The highest BCUT2D eigenvalue weighted by atomic mass is 35.5. The van der Waals surface area contributed by atoms with Crippen molar-refractivity contribution >= 4 is 17.7 Å². The van der Waals surface area contributed by atoms with E-state index in [0.717, 1.165) is 35.7 Å². The van der Waals surface area contributed by atoms with E-state index in [9.17, 15) is 36.2 Å². The highest BCUT2D eigenvalue weighted by Gasteiger charge is 2.43. The van der Waals surface area contributed by atoms with Crippen LogP contribution in [0.25, 0.3) is 22.3 Å². The Morgan fingerprint density at radius 1 is 1.02 bits per heavy atom. The molecule has 2 atom stereocenters. The summed E-state index contributed by atoms with van der Waals surface area (Å²) >= 11 is 6.69. The van der Waals surface area contributed by atoms with Crippen molar-refractivity contribution in [3.05, 3.63) is 106 Å². The highest BCUT2D eigenvalue weighted by molar-refractivity contribution is 6.33. The highest BCUT2D eigenvalue weighted by Crippen LogP contribution is 2.38. The molecule has 12 heteroatoms. The number of alkyl halides is 6. The Labute approximate surface area is 273 Å². The van der Waals surface area contributed by atoms with Gasteiger partial charge in [-0.15, -0.1) is 0 Å². The number of halogens is 7. The Kier molecular flexibility index (Phi) is 10.5. The van der Waals surface area contributed by atoms with E-state index < -0.39 is 47.3 Å². The lowest BCUT2D eigenvalue weighted by molar-refractivity contribution is -0.0914. The fraction of sp³-hybridized carbons (Fsp3) is 0.314. The van der Waals surface area contributed by atoms with Gasteiger partial charge in [-0.05, 0) is 91.9 Å². The van der Waals surface area contributed by atoms with Crippen LogP contribution in [0.4, 0.5) is 31.1 Å². The largest absolute Gasteiger partial charge is 0.508 e. The van der Waals surface area contributed by atoms with Gasteiger partial charge >= 0.3 is 18.4 Å². The number of hydrogen-bond donors (Lipinski definition) is 1. The Morgan fingerprint density at radius 3 is 2.32 bits per heavy atom. The predicted molar refractivity (Wildman–Crippen MR) is 169 cm³/mol. The molecule has 1 aliphatic heterocycles. The number of phenolic OH excluding ortho intramolecular Hbond substituents is 1. The van der Waals surface area contributed by atoms with Gasteiger partial charge in [0, 0.05) is 33.0 Å². The average molecular weight is 679 g/mol. The van der Waals surface area contributed by atoms with E-state index in [1.165, 1.54) is 11.8 Å². The number of phenols is 1. The topological polar surface area (TPSA) is 62.7 Å². The van der Waals surface area contributed by atoms with E-state index in [0.29, 0.717) is 40.4 Å². The van der Waals surface area contributed by atoms with Gasteiger partial charge in [0.1, 0.15) is 11.9 Å². The van der Waals surface area contributed by atoms with Crippen LogP contribution in [0, 0.1) is 6.92 Å². The maximum absolute atomic E-state index is 13.4. The number of carbonyl (C=O) groups excluding carboxylic acids is 1. The van der Waals surface area contributed by atoms with Crippen LogP contribution in [0.2, 0.25) is 5.02 Å². The summed E-state index contributed by atoms with van der Waals surface area (Å²) in [4.78, 5) is 19.2. The van der Waals surface area contributed by atoms with Crippen LogP contribution in [0.15, 0.2) is 84.0 Å². The lowest BCUT2D eigenvalue weighted by Gasteiger charge is -2.23. The summed E-state index contributed by atoms with van der Waals surface area (Å²) < 4.78 is 85.9. The third-order valence-corrected chi connectivity index (χ3v) is 8.22. The number of aryl methyl sites for hydroxylation is 2. The summed E-state index contributed by atoms with van der Waals surface area (Å²) in [5.74, 6) is 0.119. The van der Waals surface area contributed by atoms with Crippen LogP contribution in [0.1, 0.15) is 44.1 Å². The van der Waals surface area contributed by atoms with Crippen LogP contribution >= 0.6 is 11.6 Å². The third-order valence-electron chi connectivity index (χ3n) is 7.89. The summed E-state index contributed by atoms with van der Waals surface area (Å²) in [7, 11) is 0. The molecule has 3 aromatic rings. The summed E-state index contributed by atoms with van der Waals surface area (Å²) in [6, 6.07) is 13.0. The molecule has 1 N–H and O–H groups in total. The van der Waals surface area contributed by atoms with Crippen LogP contribution in [-0.2, 0) is 17.7 Å². The molecule has 4 rings (SSSR count). The quantitative estimate of drug-likeness (QED) is 0.181. The summed E-state index contributed by atoms with van der Waals surface area (Å²) in [5, 5.41) is 10.3. The van der Waals surface area contributed by atoms with E-state index in [1.54, 1.807) is 24.3 Å². The molecule has 1 aromatic heterocycles. The zero-order valence-corrected chi connectivity index (χ0v) is 26.8. The zero-order valence-electron chi connectivity index (χ0n) is 26.1. The van der Waals surface area contributed by atoms with Gasteiger partial charge in [0.05, 0.1) is 18.3 Å². The van der Waals surface area contributed by atoms with Crippen LogP contribution < -0.4 is 0 Å². The number of amides is 1. The molecule has 0 spiro atoms. The molecule has 0 saturated carbocycles. The minimum absolute atomic E-state index is 0.119. The molecule has 0 bridgehead atoms. The normalized spacial score (nSPS) is 17.7. The second-order valence-electron chi connectivity index (χ2n) is 11.4. The van der Waals surface area contributed by atoms with E-state index in [-0.39, 0.29) is 12.3 Å². The molecule has 250 valence electrons.